The van der Waals surface area contributed by atoms with Crippen LogP contribution in [0.25, 0.3) is 0 Å². The molecule has 0 unspecified atom stereocenters. The van der Waals surface area contributed by atoms with Crippen molar-refractivity contribution in [3.05, 3.63) is 95.6 Å². The van der Waals surface area contributed by atoms with E-state index in [-0.39, 0.29) is 0 Å². The fourth-order valence-electron chi connectivity index (χ4n) is 2.91. The van der Waals surface area contributed by atoms with E-state index in [2.05, 4.69) is 12.1 Å². The zero-order chi connectivity index (χ0) is 17.0. The summed E-state index contributed by atoms with van der Waals surface area (Å²) >= 11 is 0. The van der Waals surface area contributed by atoms with E-state index in [0.29, 0.717) is 0 Å². The summed E-state index contributed by atoms with van der Waals surface area (Å²) in [5.41, 5.74) is 3.03. The second-order valence-electron chi connectivity index (χ2n) is 5.63. The van der Waals surface area contributed by atoms with Crippen LogP contribution in [-0.2, 0) is 5.31 Å². The molecule has 2 nitrogen and oxygen atoms in total. The molecule has 24 heavy (non-hydrogen) atoms. The fourth-order valence-corrected chi connectivity index (χ4v) is 2.91. The number of hydrogen-bond acceptors (Lipinski definition) is 2. The number of ether oxygens (including phenoxy) is 2. The lowest BCUT2D eigenvalue weighted by Gasteiger charge is -2.32. The Morgan fingerprint density at radius 1 is 0.583 bits per heavy atom. The van der Waals surface area contributed by atoms with Crippen molar-refractivity contribution in [2.24, 2.45) is 0 Å². The summed E-state index contributed by atoms with van der Waals surface area (Å²) < 4.78 is 10.5. The maximum atomic E-state index is 6.96. The minimum absolute atomic E-state index is 0.750. The number of benzene rings is 3. The van der Waals surface area contributed by atoms with E-state index in [9.17, 15) is 0 Å². The Morgan fingerprint density at radius 3 is 1.33 bits per heavy atom. The second-order valence-corrected chi connectivity index (χ2v) is 5.63. The highest BCUT2D eigenvalue weighted by atomic mass is 16.5. The largest absolute Gasteiger partial charge is 0.497 e. The predicted molar refractivity (Wildman–Crippen MR) is 98.1 cm³/mol. The van der Waals surface area contributed by atoms with Gasteiger partial charge < -0.3 is 9.47 Å². The molecule has 3 aromatic carbocycles. The topological polar surface area (TPSA) is 18.5 Å². The first-order chi connectivity index (χ1) is 11.7. The van der Waals surface area contributed by atoms with Gasteiger partial charge in [0, 0.05) is 5.31 Å². The van der Waals surface area contributed by atoms with E-state index in [1.807, 2.05) is 66.7 Å². The average Bonchev–Trinajstić information content (AvgIpc) is 2.68. The van der Waals surface area contributed by atoms with E-state index in [1.165, 1.54) is 0 Å². The van der Waals surface area contributed by atoms with E-state index in [0.717, 1.165) is 28.2 Å². The van der Waals surface area contributed by atoms with Crippen LogP contribution in [-0.4, -0.2) is 22.1 Å². The molecule has 0 fully saturated rings. The van der Waals surface area contributed by atoms with E-state index in [4.69, 9.17) is 17.3 Å². The minimum Gasteiger partial charge on any atom is -0.497 e. The van der Waals surface area contributed by atoms with Crippen LogP contribution in [0.1, 0.15) is 16.7 Å². The predicted octanol–water partition coefficient (Wildman–Crippen LogP) is 4.16. The zero-order valence-corrected chi connectivity index (χ0v) is 13.9. The van der Waals surface area contributed by atoms with E-state index >= 15 is 0 Å². The third-order valence-corrected chi connectivity index (χ3v) is 4.32. The summed E-state index contributed by atoms with van der Waals surface area (Å²) in [7, 11) is 10.3. The second kappa shape index (κ2) is 6.83. The molecule has 0 amide bonds. The molecule has 2 radical (unpaired) electrons. The average molecular weight is 314 g/mol. The lowest BCUT2D eigenvalue weighted by molar-refractivity contribution is 0.414. The van der Waals surface area contributed by atoms with Crippen molar-refractivity contribution in [2.75, 3.05) is 14.2 Å². The van der Waals surface area contributed by atoms with E-state index in [1.54, 1.807) is 14.2 Å². The summed E-state index contributed by atoms with van der Waals surface area (Å²) in [5.74, 6) is 1.62. The van der Waals surface area contributed by atoms with E-state index < -0.39 is 5.31 Å². The van der Waals surface area contributed by atoms with Crippen LogP contribution < -0.4 is 9.47 Å². The van der Waals surface area contributed by atoms with Crippen LogP contribution in [0, 0.1) is 0 Å². The van der Waals surface area contributed by atoms with Crippen LogP contribution >= 0.6 is 0 Å². The molecule has 0 N–H and O–H groups in total. The van der Waals surface area contributed by atoms with Gasteiger partial charge in [-0.25, -0.2) is 0 Å². The maximum absolute atomic E-state index is 6.96. The molecule has 118 valence electrons. The van der Waals surface area contributed by atoms with Gasteiger partial charge in [-0.3, -0.25) is 0 Å². The van der Waals surface area contributed by atoms with Gasteiger partial charge in [-0.15, -0.1) is 0 Å². The first-order valence-electron chi connectivity index (χ1n) is 7.82. The Morgan fingerprint density at radius 2 is 0.958 bits per heavy atom. The Hall–Kier alpha value is -2.68. The monoisotopic (exact) mass is 314 g/mol. The highest BCUT2D eigenvalue weighted by Crippen LogP contribution is 2.37. The molecular weight excluding hydrogens is 295 g/mol. The number of hydrogen-bond donors (Lipinski definition) is 0. The normalized spacial score (nSPS) is 11.1. The molecule has 3 heteroatoms. The van der Waals surface area contributed by atoms with Gasteiger partial charge in [-0.05, 0) is 41.0 Å². The van der Waals surface area contributed by atoms with Gasteiger partial charge in [0.15, 0.2) is 0 Å². The summed E-state index contributed by atoms with van der Waals surface area (Å²) in [4.78, 5) is 0. The van der Waals surface area contributed by atoms with Gasteiger partial charge in [0.1, 0.15) is 11.5 Å². The Kier molecular flexibility index (Phi) is 4.61. The first kappa shape index (κ1) is 16.2. The molecular formula is C21H19BO2. The molecule has 0 spiro atoms. The Balaban J connectivity index is 2.16. The van der Waals surface area contributed by atoms with Crippen molar-refractivity contribution in [1.82, 2.24) is 0 Å². The maximum Gasteiger partial charge on any atom is 0.118 e. The highest BCUT2D eigenvalue weighted by molar-refractivity contribution is 6.20. The highest BCUT2D eigenvalue weighted by Gasteiger charge is 2.30. The SMILES string of the molecule is [B]C(c1ccccc1)(c1ccc(OC)cc1)c1ccc(OC)cc1. The van der Waals surface area contributed by atoms with Gasteiger partial charge in [-0.2, -0.15) is 0 Å². The van der Waals surface area contributed by atoms with Crippen molar-refractivity contribution in [2.45, 2.75) is 5.31 Å². The lowest BCUT2D eigenvalue weighted by atomic mass is 9.56. The fraction of sp³-hybridized carbons (Fsp3) is 0.143. The molecule has 0 aliphatic carbocycles. The Bertz CT molecular complexity index is 733. The van der Waals surface area contributed by atoms with Crippen LogP contribution in [0.5, 0.6) is 11.5 Å². The van der Waals surface area contributed by atoms with Crippen molar-refractivity contribution in [3.8, 4) is 11.5 Å². The molecule has 3 aromatic rings. The summed E-state index contributed by atoms with van der Waals surface area (Å²) in [5, 5.41) is -0.750. The number of methoxy groups -OCH3 is 2. The van der Waals surface area contributed by atoms with Crippen LogP contribution in [0.2, 0.25) is 0 Å². The molecule has 0 aliphatic rings. The van der Waals surface area contributed by atoms with Crippen LogP contribution in [0.4, 0.5) is 0 Å². The minimum atomic E-state index is -0.750. The molecule has 0 saturated carbocycles. The van der Waals surface area contributed by atoms with Crippen molar-refractivity contribution in [1.29, 1.82) is 0 Å². The van der Waals surface area contributed by atoms with Crippen molar-refractivity contribution < 1.29 is 9.47 Å². The molecule has 0 bridgehead atoms. The van der Waals surface area contributed by atoms with Crippen molar-refractivity contribution in [3.63, 3.8) is 0 Å². The van der Waals surface area contributed by atoms with Gasteiger partial charge >= 0.3 is 0 Å². The first-order valence-corrected chi connectivity index (χ1v) is 7.82. The standard InChI is InChI=1S/C21H19BO2/c1-23-19-12-8-17(9-13-19)21(22,16-6-4-3-5-7-16)18-10-14-20(24-2)15-11-18/h3-15H,1-2H3. The quantitative estimate of drug-likeness (QED) is 0.520. The third-order valence-electron chi connectivity index (χ3n) is 4.32. The molecule has 3 rings (SSSR count). The molecule has 0 aliphatic heterocycles. The summed E-state index contributed by atoms with van der Waals surface area (Å²) in [6.07, 6.45) is 0. The lowest BCUT2D eigenvalue weighted by Crippen LogP contribution is -2.29. The smallest absolute Gasteiger partial charge is 0.118 e. The van der Waals surface area contributed by atoms with Gasteiger partial charge in [-0.1, -0.05) is 54.6 Å². The van der Waals surface area contributed by atoms with Crippen LogP contribution in [0.15, 0.2) is 78.9 Å². The molecule has 0 aromatic heterocycles. The molecule has 0 heterocycles. The zero-order valence-electron chi connectivity index (χ0n) is 13.9. The van der Waals surface area contributed by atoms with Gasteiger partial charge in [0.2, 0.25) is 0 Å². The summed E-state index contributed by atoms with van der Waals surface area (Å²) in [6, 6.07) is 25.9. The van der Waals surface area contributed by atoms with Crippen molar-refractivity contribution >= 4 is 7.85 Å². The Labute approximate surface area is 144 Å². The van der Waals surface area contributed by atoms with Gasteiger partial charge in [0.05, 0.1) is 22.1 Å². The summed E-state index contributed by atoms with van der Waals surface area (Å²) in [6.45, 7) is 0. The van der Waals surface area contributed by atoms with Crippen LogP contribution in [0.3, 0.4) is 0 Å². The third kappa shape index (κ3) is 2.90. The number of rotatable bonds is 5. The van der Waals surface area contributed by atoms with Gasteiger partial charge in [0.25, 0.3) is 0 Å². The molecule has 0 saturated heterocycles. The molecule has 0 atom stereocenters.